The largest absolute Gasteiger partial charge is 0.452 e. The molecule has 0 saturated heterocycles. The van der Waals surface area contributed by atoms with E-state index in [4.69, 9.17) is 4.74 Å². The van der Waals surface area contributed by atoms with E-state index in [1.807, 2.05) is 44.2 Å². The Bertz CT molecular complexity index is 1590. The number of carbonyl (C=O) groups is 1. The number of halogens is 1. The Morgan fingerprint density at radius 2 is 1.89 bits per heavy atom. The van der Waals surface area contributed by atoms with Gasteiger partial charge in [-0.05, 0) is 44.2 Å². The van der Waals surface area contributed by atoms with Gasteiger partial charge >= 0.3 is 5.69 Å². The maximum atomic E-state index is 14.9. The average molecular weight is 472 g/mol. The highest BCUT2D eigenvalue weighted by atomic mass is 19.1. The molecule has 0 radical (unpaired) electrons. The van der Waals surface area contributed by atoms with Crippen LogP contribution in [-0.2, 0) is 0 Å². The average Bonchev–Trinajstić information content (AvgIpc) is 3.46. The lowest BCUT2D eigenvalue weighted by molar-refractivity contribution is 0.102. The molecule has 5 rings (SSSR count). The number of carbonyl (C=O) groups excluding carboxylic acids is 1. The molecule has 35 heavy (non-hydrogen) atoms. The number of para-hydroxylation sites is 1. The molecule has 0 unspecified atom stereocenters. The molecular formula is C25H21FN6O3. The first kappa shape index (κ1) is 22.1. The van der Waals surface area contributed by atoms with Crippen molar-refractivity contribution in [3.05, 3.63) is 95.1 Å². The molecule has 0 aliphatic rings. The summed E-state index contributed by atoms with van der Waals surface area (Å²) in [6.45, 7) is 3.71. The minimum absolute atomic E-state index is 0.0622. The van der Waals surface area contributed by atoms with Crippen LogP contribution < -0.4 is 15.7 Å². The van der Waals surface area contributed by atoms with Crippen molar-refractivity contribution in [3.63, 3.8) is 0 Å². The van der Waals surface area contributed by atoms with Crippen molar-refractivity contribution in [1.29, 1.82) is 0 Å². The van der Waals surface area contributed by atoms with Crippen LogP contribution in [0.3, 0.4) is 0 Å². The number of imidazole rings is 1. The Morgan fingerprint density at radius 1 is 1.09 bits per heavy atom. The predicted octanol–water partition coefficient (Wildman–Crippen LogP) is 4.67. The van der Waals surface area contributed by atoms with E-state index in [0.717, 1.165) is 11.8 Å². The third-order valence-electron chi connectivity index (χ3n) is 5.34. The van der Waals surface area contributed by atoms with Crippen LogP contribution in [-0.4, -0.2) is 30.2 Å². The number of rotatable bonds is 6. The van der Waals surface area contributed by atoms with Crippen LogP contribution in [0.5, 0.6) is 11.5 Å². The van der Waals surface area contributed by atoms with Gasteiger partial charge in [-0.2, -0.15) is 5.10 Å². The van der Waals surface area contributed by atoms with Crippen molar-refractivity contribution in [3.8, 4) is 17.2 Å². The quantitative estimate of drug-likeness (QED) is 0.373. The van der Waals surface area contributed by atoms with Gasteiger partial charge < -0.3 is 10.1 Å². The molecule has 9 nitrogen and oxygen atoms in total. The molecule has 0 aliphatic heterocycles. The number of fused-ring (bicyclic) bond motifs is 1. The van der Waals surface area contributed by atoms with Gasteiger partial charge in [0.1, 0.15) is 5.52 Å². The Labute approximate surface area is 198 Å². The first-order chi connectivity index (χ1) is 16.9. The van der Waals surface area contributed by atoms with E-state index in [9.17, 15) is 14.0 Å². The van der Waals surface area contributed by atoms with Crippen LogP contribution >= 0.6 is 0 Å². The summed E-state index contributed by atoms with van der Waals surface area (Å²) in [5, 5.41) is 6.92. The fourth-order valence-electron chi connectivity index (χ4n) is 3.74. The summed E-state index contributed by atoms with van der Waals surface area (Å²) in [5.41, 5.74) is 1.71. The van der Waals surface area contributed by atoms with E-state index >= 15 is 0 Å². The summed E-state index contributed by atoms with van der Waals surface area (Å²) in [4.78, 5) is 31.7. The van der Waals surface area contributed by atoms with Crippen LogP contribution in [0.2, 0.25) is 0 Å². The van der Waals surface area contributed by atoms with E-state index in [1.165, 1.54) is 22.9 Å². The van der Waals surface area contributed by atoms with Crippen LogP contribution in [0, 0.1) is 5.82 Å². The second-order valence-corrected chi connectivity index (χ2v) is 8.08. The van der Waals surface area contributed by atoms with Crippen LogP contribution in [0.15, 0.2) is 77.9 Å². The fraction of sp³-hybridized carbons (Fsp3) is 0.120. The predicted molar refractivity (Wildman–Crippen MR) is 129 cm³/mol. The van der Waals surface area contributed by atoms with Crippen LogP contribution in [0.1, 0.15) is 30.4 Å². The number of benzene rings is 2. The van der Waals surface area contributed by atoms with Crippen molar-refractivity contribution < 1.29 is 13.9 Å². The second kappa shape index (κ2) is 8.90. The monoisotopic (exact) mass is 472 g/mol. The fourth-order valence-corrected chi connectivity index (χ4v) is 3.74. The normalized spacial score (nSPS) is 11.2. The van der Waals surface area contributed by atoms with Crippen LogP contribution in [0.4, 0.5) is 10.1 Å². The van der Waals surface area contributed by atoms with E-state index in [1.54, 1.807) is 23.0 Å². The molecule has 3 heterocycles. The molecule has 0 aliphatic carbocycles. The number of nitrogens with zero attached hydrogens (tertiary/aromatic N) is 4. The van der Waals surface area contributed by atoms with Gasteiger partial charge in [-0.25, -0.2) is 18.9 Å². The SMILES string of the molecule is CC(C)n1c(=O)[nH]c2nccc(Oc3ccc(NC(=O)c4ccn(-c5ccccc5)n4)cc3F)c21. The van der Waals surface area contributed by atoms with Gasteiger partial charge in [0, 0.05) is 36.3 Å². The maximum absolute atomic E-state index is 14.9. The number of aromatic amines is 1. The number of amides is 1. The molecule has 0 fully saturated rings. The van der Waals surface area contributed by atoms with E-state index in [2.05, 4.69) is 20.4 Å². The van der Waals surface area contributed by atoms with Crippen molar-refractivity contribution in [2.45, 2.75) is 19.9 Å². The minimum Gasteiger partial charge on any atom is -0.452 e. The topological polar surface area (TPSA) is 107 Å². The lowest BCUT2D eigenvalue weighted by Gasteiger charge is -2.12. The van der Waals surface area contributed by atoms with Gasteiger partial charge in [0.25, 0.3) is 5.91 Å². The molecule has 3 aromatic heterocycles. The van der Waals surface area contributed by atoms with Crippen molar-refractivity contribution in [1.82, 2.24) is 24.3 Å². The smallest absolute Gasteiger partial charge is 0.328 e. The number of aromatic nitrogens is 5. The molecule has 0 saturated carbocycles. The molecule has 176 valence electrons. The molecule has 0 atom stereocenters. The van der Waals surface area contributed by atoms with Gasteiger partial charge in [-0.3, -0.25) is 14.3 Å². The van der Waals surface area contributed by atoms with Crippen molar-refractivity contribution in [2.24, 2.45) is 0 Å². The zero-order valence-electron chi connectivity index (χ0n) is 18.9. The van der Waals surface area contributed by atoms with Gasteiger partial charge in [-0.1, -0.05) is 18.2 Å². The summed E-state index contributed by atoms with van der Waals surface area (Å²) in [5.74, 6) is -0.939. The summed E-state index contributed by atoms with van der Waals surface area (Å²) in [6.07, 6.45) is 3.15. The molecule has 1 amide bonds. The van der Waals surface area contributed by atoms with Gasteiger partial charge in [0.05, 0.1) is 5.69 Å². The number of H-pyrrole nitrogens is 1. The number of ether oxygens (including phenoxy) is 1. The summed E-state index contributed by atoms with van der Waals surface area (Å²) >= 11 is 0. The van der Waals surface area contributed by atoms with Gasteiger partial charge in [-0.15, -0.1) is 0 Å². The third kappa shape index (κ3) is 4.29. The van der Waals surface area contributed by atoms with Gasteiger partial charge in [0.15, 0.2) is 28.7 Å². The summed E-state index contributed by atoms with van der Waals surface area (Å²) < 4.78 is 23.8. The standard InChI is InChI=1S/C25H21FN6O3/c1-15(2)32-22-21(10-12-27-23(22)29-25(32)34)35-20-9-8-16(14-18(20)26)28-24(33)19-11-13-31(30-19)17-6-4-3-5-7-17/h3-15H,1-2H3,(H,28,33)(H,27,29,34). The lowest BCUT2D eigenvalue weighted by Crippen LogP contribution is -2.18. The van der Waals surface area contributed by atoms with E-state index in [-0.39, 0.29) is 34.6 Å². The molecule has 2 N–H and O–H groups in total. The number of hydrogen-bond acceptors (Lipinski definition) is 5. The molecule has 10 heteroatoms. The molecule has 5 aromatic rings. The summed E-state index contributed by atoms with van der Waals surface area (Å²) in [7, 11) is 0. The first-order valence-corrected chi connectivity index (χ1v) is 10.9. The molecule has 0 bridgehead atoms. The summed E-state index contributed by atoms with van der Waals surface area (Å²) in [6, 6.07) is 16.4. The van der Waals surface area contributed by atoms with E-state index in [0.29, 0.717) is 11.2 Å². The zero-order valence-corrected chi connectivity index (χ0v) is 18.9. The highest BCUT2D eigenvalue weighted by molar-refractivity contribution is 6.02. The number of nitrogens with one attached hydrogen (secondary N) is 2. The Balaban J connectivity index is 1.36. The molecule has 2 aromatic carbocycles. The zero-order chi connectivity index (χ0) is 24.5. The first-order valence-electron chi connectivity index (χ1n) is 10.9. The van der Waals surface area contributed by atoms with Crippen molar-refractivity contribution in [2.75, 3.05) is 5.32 Å². The molecular weight excluding hydrogens is 451 g/mol. The lowest BCUT2D eigenvalue weighted by atomic mass is 10.2. The van der Waals surface area contributed by atoms with Gasteiger partial charge in [0.2, 0.25) is 0 Å². The second-order valence-electron chi connectivity index (χ2n) is 8.08. The Kier molecular flexibility index (Phi) is 5.61. The Hall–Kier alpha value is -4.73. The van der Waals surface area contributed by atoms with Crippen LogP contribution in [0.25, 0.3) is 16.9 Å². The Morgan fingerprint density at radius 3 is 2.63 bits per heavy atom. The molecule has 0 spiro atoms. The number of hydrogen-bond donors (Lipinski definition) is 2. The third-order valence-corrected chi connectivity index (χ3v) is 5.34. The number of pyridine rings is 1. The minimum atomic E-state index is -0.684. The van der Waals surface area contributed by atoms with E-state index < -0.39 is 11.7 Å². The number of anilines is 1. The van der Waals surface area contributed by atoms with Crippen molar-refractivity contribution >= 4 is 22.8 Å². The highest BCUT2D eigenvalue weighted by Gasteiger charge is 2.18. The maximum Gasteiger partial charge on any atom is 0.328 e. The highest BCUT2D eigenvalue weighted by Crippen LogP contribution is 2.31.